The topological polar surface area (TPSA) is 106 Å². The van der Waals surface area contributed by atoms with E-state index in [0.29, 0.717) is 58.5 Å². The van der Waals surface area contributed by atoms with Crippen LogP contribution in [0, 0.1) is 11.6 Å². The normalized spacial score (nSPS) is 21.8. The number of aromatic nitrogens is 3. The molecule has 11 heteroatoms. The van der Waals surface area contributed by atoms with Crippen molar-refractivity contribution in [3.63, 3.8) is 0 Å². The van der Waals surface area contributed by atoms with Crippen LogP contribution in [0.15, 0.2) is 30.5 Å². The highest BCUT2D eigenvalue weighted by Gasteiger charge is 2.45. The maximum Gasteiger partial charge on any atom is 0.319 e. The van der Waals surface area contributed by atoms with Gasteiger partial charge in [-0.1, -0.05) is 24.2 Å². The van der Waals surface area contributed by atoms with Crippen molar-refractivity contribution < 1.29 is 23.2 Å². The fourth-order valence-electron chi connectivity index (χ4n) is 7.06. The number of pyridine rings is 1. The van der Waals surface area contributed by atoms with Crippen LogP contribution in [0.1, 0.15) is 44.6 Å². The van der Waals surface area contributed by atoms with E-state index in [4.69, 9.17) is 4.74 Å². The Morgan fingerprint density at radius 1 is 1.19 bits per heavy atom. The maximum absolute atomic E-state index is 16.6. The third-order valence-electron chi connectivity index (χ3n) is 9.13. The Morgan fingerprint density at radius 3 is 2.74 bits per heavy atom. The predicted molar refractivity (Wildman–Crippen MR) is 159 cm³/mol. The van der Waals surface area contributed by atoms with Gasteiger partial charge < -0.3 is 19.7 Å². The van der Waals surface area contributed by atoms with Gasteiger partial charge in [0.2, 0.25) is 0 Å². The molecule has 2 N–H and O–H groups in total. The summed E-state index contributed by atoms with van der Waals surface area (Å²) in [5, 5.41) is 15.3. The number of ether oxygens (including phenoxy) is 1. The molecule has 2 aromatic carbocycles. The van der Waals surface area contributed by atoms with E-state index in [-0.39, 0.29) is 40.1 Å². The Hall–Kier alpha value is -3.28. The van der Waals surface area contributed by atoms with E-state index in [1.165, 1.54) is 24.4 Å². The molecule has 2 aromatic heterocycles. The van der Waals surface area contributed by atoms with Gasteiger partial charge in [-0.3, -0.25) is 9.88 Å². The zero-order chi connectivity index (χ0) is 29.0. The standard InChI is InChI=1S/C31H33F2N5O3S/c1-2-21-24(32)6-5-18-13-20(39)14-22(25(18)21)27-26(33)28-23(15-34-27)29(35-19-7-12-42(40)16-19)37-30(36-28)41-17-31-8-3-10-38(31)11-4-9-31/h5-6,13-15,19,39H,2-4,7-12,16-17H2,1H3,(H,35,36,37). The molecule has 0 radical (unpaired) electrons. The lowest BCUT2D eigenvalue weighted by atomic mass is 9.94. The van der Waals surface area contributed by atoms with E-state index < -0.39 is 22.8 Å². The fourth-order valence-corrected chi connectivity index (χ4v) is 8.48. The first kappa shape index (κ1) is 27.5. The molecule has 3 saturated heterocycles. The quantitative estimate of drug-likeness (QED) is 0.277. The minimum absolute atomic E-state index is 0.0183. The van der Waals surface area contributed by atoms with Crippen molar-refractivity contribution in [2.75, 3.05) is 36.5 Å². The molecular weight excluding hydrogens is 560 g/mol. The third-order valence-corrected chi connectivity index (χ3v) is 10.6. The van der Waals surface area contributed by atoms with Crippen LogP contribution in [0.3, 0.4) is 0 Å². The van der Waals surface area contributed by atoms with Crippen LogP contribution in [-0.2, 0) is 17.6 Å². The second kappa shape index (κ2) is 10.8. The molecular formula is C31H33F2N5O3S. The van der Waals surface area contributed by atoms with Gasteiger partial charge in [0.25, 0.3) is 0 Å². The van der Waals surface area contributed by atoms with Gasteiger partial charge in [0.05, 0.1) is 17.0 Å². The summed E-state index contributed by atoms with van der Waals surface area (Å²) in [5.41, 5.74) is 0.637. The Balaban J connectivity index is 1.35. The Labute approximate surface area is 245 Å². The summed E-state index contributed by atoms with van der Waals surface area (Å²) in [6.45, 7) is 4.35. The smallest absolute Gasteiger partial charge is 0.319 e. The van der Waals surface area contributed by atoms with Crippen LogP contribution in [0.2, 0.25) is 0 Å². The largest absolute Gasteiger partial charge is 0.616 e. The summed E-state index contributed by atoms with van der Waals surface area (Å²) in [6, 6.07) is 5.86. The van der Waals surface area contributed by atoms with E-state index in [0.717, 1.165) is 38.8 Å². The van der Waals surface area contributed by atoms with Crippen LogP contribution < -0.4 is 10.1 Å². The molecule has 5 heterocycles. The molecule has 0 spiro atoms. The number of nitrogens with one attached hydrogen (secondary N) is 1. The first-order valence-electron chi connectivity index (χ1n) is 14.7. The molecule has 4 aromatic rings. The molecule has 3 aliphatic heterocycles. The second-order valence-corrected chi connectivity index (χ2v) is 13.3. The first-order chi connectivity index (χ1) is 20.3. The van der Waals surface area contributed by atoms with Gasteiger partial charge in [0.15, 0.2) is 5.82 Å². The van der Waals surface area contributed by atoms with Gasteiger partial charge in [-0.15, -0.1) is 0 Å². The van der Waals surface area contributed by atoms with Gasteiger partial charge in [0.1, 0.15) is 46.7 Å². The molecule has 2 atom stereocenters. The summed E-state index contributed by atoms with van der Waals surface area (Å²) in [5.74, 6) is 0.271. The third kappa shape index (κ3) is 4.71. The average Bonchev–Trinajstić information content (AvgIpc) is 3.68. The van der Waals surface area contributed by atoms with Crippen LogP contribution in [-0.4, -0.2) is 72.3 Å². The average molecular weight is 594 g/mol. The number of fused-ring (bicyclic) bond motifs is 3. The molecule has 8 nitrogen and oxygen atoms in total. The zero-order valence-electron chi connectivity index (χ0n) is 23.5. The molecule has 0 amide bonds. The highest BCUT2D eigenvalue weighted by molar-refractivity contribution is 7.91. The molecule has 7 rings (SSSR count). The lowest BCUT2D eigenvalue weighted by Crippen LogP contribution is -2.43. The van der Waals surface area contributed by atoms with E-state index in [2.05, 4.69) is 25.2 Å². The van der Waals surface area contributed by atoms with Crippen LogP contribution in [0.4, 0.5) is 14.6 Å². The number of rotatable bonds is 7. The van der Waals surface area contributed by atoms with Crippen molar-refractivity contribution in [1.82, 2.24) is 19.9 Å². The maximum atomic E-state index is 16.6. The summed E-state index contributed by atoms with van der Waals surface area (Å²) in [7, 11) is 0. The molecule has 0 aliphatic carbocycles. The monoisotopic (exact) mass is 593 g/mol. The zero-order valence-corrected chi connectivity index (χ0v) is 24.3. The van der Waals surface area contributed by atoms with Crippen molar-refractivity contribution in [3.8, 4) is 23.0 Å². The Bertz CT molecular complexity index is 1680. The molecule has 220 valence electrons. The summed E-state index contributed by atoms with van der Waals surface area (Å²) < 4.78 is 49.7. The van der Waals surface area contributed by atoms with Crippen LogP contribution >= 0.6 is 0 Å². The Morgan fingerprint density at radius 2 is 2.00 bits per heavy atom. The van der Waals surface area contributed by atoms with Crippen molar-refractivity contribution >= 4 is 38.7 Å². The minimum Gasteiger partial charge on any atom is -0.616 e. The Kier molecular flexibility index (Phi) is 7.06. The fraction of sp³-hybridized carbons (Fsp3) is 0.452. The number of nitrogens with zero attached hydrogens (tertiary/aromatic N) is 4. The summed E-state index contributed by atoms with van der Waals surface area (Å²) in [4.78, 5) is 16.1. The number of aryl methyl sites for hydroxylation is 1. The molecule has 42 heavy (non-hydrogen) atoms. The van der Waals surface area contributed by atoms with Crippen LogP contribution in [0.25, 0.3) is 32.9 Å². The number of aromatic hydroxyl groups is 1. The minimum atomic E-state index is -0.915. The highest BCUT2D eigenvalue weighted by Crippen LogP contribution is 2.41. The van der Waals surface area contributed by atoms with Gasteiger partial charge >= 0.3 is 6.01 Å². The van der Waals surface area contributed by atoms with E-state index in [9.17, 15) is 14.0 Å². The number of phenolic OH excluding ortho intramolecular Hbond substituents is 1. The molecule has 3 fully saturated rings. The van der Waals surface area contributed by atoms with Crippen molar-refractivity contribution in [1.29, 1.82) is 0 Å². The SMILES string of the molecule is CCc1c(F)ccc2cc(O)cc(-c3ncc4c(NC5CC[S+]([O-])C5)nc(OCC56CCCN5CCC6)nc4c3F)c12. The van der Waals surface area contributed by atoms with Gasteiger partial charge in [-0.25, -0.2) is 8.78 Å². The van der Waals surface area contributed by atoms with E-state index in [1.54, 1.807) is 6.07 Å². The van der Waals surface area contributed by atoms with E-state index in [1.807, 2.05) is 6.92 Å². The van der Waals surface area contributed by atoms with Gasteiger partial charge in [-0.05, 0) is 79.7 Å². The number of hydrogen-bond donors (Lipinski definition) is 2. The lowest BCUT2D eigenvalue weighted by molar-refractivity contribution is 0.108. The van der Waals surface area contributed by atoms with Gasteiger partial charge in [0, 0.05) is 18.2 Å². The van der Waals surface area contributed by atoms with Crippen LogP contribution in [0.5, 0.6) is 11.8 Å². The predicted octanol–water partition coefficient (Wildman–Crippen LogP) is 5.33. The first-order valence-corrected chi connectivity index (χ1v) is 16.1. The molecule has 3 aliphatic rings. The van der Waals surface area contributed by atoms with Gasteiger partial charge in [-0.2, -0.15) is 9.97 Å². The number of benzene rings is 2. The number of hydrogen-bond acceptors (Lipinski definition) is 8. The highest BCUT2D eigenvalue weighted by atomic mass is 32.2. The molecule has 0 saturated carbocycles. The van der Waals surface area contributed by atoms with Crippen molar-refractivity contribution in [2.24, 2.45) is 0 Å². The number of halogens is 2. The summed E-state index contributed by atoms with van der Waals surface area (Å²) >= 11 is -0.915. The number of anilines is 1. The van der Waals surface area contributed by atoms with Crippen molar-refractivity contribution in [2.45, 2.75) is 57.0 Å². The van der Waals surface area contributed by atoms with Crippen molar-refractivity contribution in [3.05, 3.63) is 47.7 Å². The van der Waals surface area contributed by atoms with E-state index >= 15 is 4.39 Å². The molecule has 0 bridgehead atoms. The summed E-state index contributed by atoms with van der Waals surface area (Å²) in [6.07, 6.45) is 6.92. The lowest BCUT2D eigenvalue weighted by Gasteiger charge is -2.31. The second-order valence-electron chi connectivity index (χ2n) is 11.7. The number of phenols is 1. The molecule has 2 unspecified atom stereocenters.